The number of hydrogen-bond donors (Lipinski definition) is 2. The number of nitrogens with one attached hydrogen (secondary N) is 1. The van der Waals surface area contributed by atoms with E-state index in [0.717, 1.165) is 0 Å². The summed E-state index contributed by atoms with van der Waals surface area (Å²) in [6.45, 7) is 6.89. The molecule has 0 unspecified atom stereocenters. The first kappa shape index (κ1) is 11.8. The van der Waals surface area contributed by atoms with E-state index < -0.39 is 5.56 Å². The lowest BCUT2D eigenvalue weighted by Crippen LogP contribution is -2.10. The molecule has 0 radical (unpaired) electrons. The molecule has 0 aliphatic heterocycles. The summed E-state index contributed by atoms with van der Waals surface area (Å²) in [6, 6.07) is 6.59. The molecule has 1 aromatic heterocycles. The highest BCUT2D eigenvalue weighted by Gasteiger charge is 2.11. The molecule has 18 heavy (non-hydrogen) atoms. The second-order valence-electron chi connectivity index (χ2n) is 3.53. The third kappa shape index (κ3) is 1.93. The van der Waals surface area contributed by atoms with E-state index in [1.54, 1.807) is 18.2 Å². The predicted molar refractivity (Wildman–Crippen MR) is 71.3 cm³/mol. The Balaban J connectivity index is 2.72. The molecule has 1 aromatic carbocycles. The average Bonchev–Trinajstić information content (AvgIpc) is 2.38. The minimum Gasteiger partial charge on any atom is -0.507 e. The fourth-order valence-electron chi connectivity index (χ4n) is 1.58. The number of hydrogen-bond acceptors (Lipinski definition) is 4. The maximum Gasteiger partial charge on any atom is 0.277 e. The summed E-state index contributed by atoms with van der Waals surface area (Å²) in [5.41, 5.74) is 0.456. The Morgan fingerprint density at radius 3 is 2.72 bits per heavy atom. The highest BCUT2D eigenvalue weighted by molar-refractivity contribution is 5.68. The van der Waals surface area contributed by atoms with Gasteiger partial charge in [-0.3, -0.25) is 9.79 Å². The zero-order valence-electron chi connectivity index (χ0n) is 9.55. The Morgan fingerprint density at radius 1 is 1.39 bits per heavy atom. The van der Waals surface area contributed by atoms with Gasteiger partial charge in [0.15, 0.2) is 5.69 Å². The second-order valence-corrected chi connectivity index (χ2v) is 3.53. The van der Waals surface area contributed by atoms with Gasteiger partial charge in [0.25, 0.3) is 5.56 Å². The van der Waals surface area contributed by atoms with Crippen molar-refractivity contribution in [2.75, 3.05) is 0 Å². The van der Waals surface area contributed by atoms with Gasteiger partial charge < -0.3 is 10.1 Å². The number of H-pyrrole nitrogens is 1. The summed E-state index contributed by atoms with van der Waals surface area (Å²) >= 11 is 0. The van der Waals surface area contributed by atoms with Crippen molar-refractivity contribution in [3.8, 4) is 17.1 Å². The Kier molecular flexibility index (Phi) is 3.05. The van der Waals surface area contributed by atoms with E-state index in [2.05, 4.69) is 28.3 Å². The van der Waals surface area contributed by atoms with E-state index in [4.69, 9.17) is 0 Å². The summed E-state index contributed by atoms with van der Waals surface area (Å²) in [7, 11) is 0. The van der Waals surface area contributed by atoms with Crippen molar-refractivity contribution in [3.05, 3.63) is 46.9 Å². The smallest absolute Gasteiger partial charge is 0.277 e. The first-order chi connectivity index (χ1) is 8.67. The summed E-state index contributed by atoms with van der Waals surface area (Å²) < 4.78 is 0. The molecule has 0 bridgehead atoms. The minimum absolute atomic E-state index is 0.0370. The molecule has 2 aromatic rings. The maximum absolute atomic E-state index is 11.8. The second kappa shape index (κ2) is 4.67. The molecule has 5 heteroatoms. The molecule has 90 valence electrons. The zero-order valence-corrected chi connectivity index (χ0v) is 9.55. The largest absolute Gasteiger partial charge is 0.507 e. The van der Waals surface area contributed by atoms with Crippen LogP contribution >= 0.6 is 0 Å². The quantitative estimate of drug-likeness (QED) is 0.808. The number of rotatable bonds is 3. The molecule has 0 amide bonds. The van der Waals surface area contributed by atoms with Crippen molar-refractivity contribution in [2.24, 2.45) is 4.99 Å². The Morgan fingerprint density at radius 2 is 2.11 bits per heavy atom. The number of para-hydroxylation sites is 1. The van der Waals surface area contributed by atoms with Crippen molar-refractivity contribution in [3.63, 3.8) is 0 Å². The molecule has 0 saturated carbocycles. The SMILES string of the molecule is C=Cc1nc(-c2ccccc2O)[nH]c(=O)c1N=C. The summed E-state index contributed by atoms with van der Waals surface area (Å²) in [5.74, 6) is 0.301. The van der Waals surface area contributed by atoms with Gasteiger partial charge in [-0.1, -0.05) is 18.7 Å². The number of nitrogens with zero attached hydrogens (tertiary/aromatic N) is 2. The van der Waals surface area contributed by atoms with Crippen LogP contribution in [0.3, 0.4) is 0 Å². The lowest BCUT2D eigenvalue weighted by atomic mass is 10.2. The molecular weight excluding hydrogens is 230 g/mol. The van der Waals surface area contributed by atoms with Crippen LogP contribution in [0.4, 0.5) is 5.69 Å². The average molecular weight is 241 g/mol. The predicted octanol–water partition coefficient (Wildman–Crippen LogP) is 2.12. The van der Waals surface area contributed by atoms with Crippen molar-refractivity contribution >= 4 is 18.5 Å². The standard InChI is InChI=1S/C13H11N3O2/c1-3-9-11(14-2)13(18)16-12(15-9)8-6-4-5-7-10(8)17/h3-7,17H,1-2H2,(H,15,16,18). The Labute approximate surface area is 103 Å². The van der Waals surface area contributed by atoms with E-state index in [1.807, 2.05) is 0 Å². The maximum atomic E-state index is 11.8. The van der Waals surface area contributed by atoms with Gasteiger partial charge in [0, 0.05) is 0 Å². The van der Waals surface area contributed by atoms with Gasteiger partial charge in [0.2, 0.25) is 0 Å². The Bertz CT molecular complexity index is 674. The highest BCUT2D eigenvalue weighted by Crippen LogP contribution is 2.26. The number of aromatic amines is 1. The van der Waals surface area contributed by atoms with Crippen LogP contribution in [0, 0.1) is 0 Å². The summed E-state index contributed by atoms with van der Waals surface area (Å²) in [6.07, 6.45) is 1.42. The molecule has 5 nitrogen and oxygen atoms in total. The molecule has 0 fully saturated rings. The van der Waals surface area contributed by atoms with Gasteiger partial charge in [-0.25, -0.2) is 4.98 Å². The topological polar surface area (TPSA) is 78.3 Å². The summed E-state index contributed by atoms with van der Waals surface area (Å²) in [5, 5.41) is 9.72. The Hall–Kier alpha value is -2.69. The van der Waals surface area contributed by atoms with Crippen LogP contribution in [0.15, 0.2) is 40.6 Å². The molecule has 2 N–H and O–H groups in total. The van der Waals surface area contributed by atoms with Gasteiger partial charge >= 0.3 is 0 Å². The normalized spacial score (nSPS) is 10.0. The monoisotopic (exact) mass is 241 g/mol. The van der Waals surface area contributed by atoms with E-state index in [9.17, 15) is 9.90 Å². The van der Waals surface area contributed by atoms with Gasteiger partial charge in [-0.05, 0) is 24.9 Å². The van der Waals surface area contributed by atoms with Gasteiger partial charge in [0.1, 0.15) is 11.6 Å². The molecule has 0 aliphatic rings. The molecule has 0 spiro atoms. The number of aromatic hydroxyl groups is 1. The van der Waals surface area contributed by atoms with Gasteiger partial charge in [0.05, 0.1) is 11.3 Å². The van der Waals surface area contributed by atoms with Crippen molar-refractivity contribution in [1.29, 1.82) is 0 Å². The number of aromatic nitrogens is 2. The van der Waals surface area contributed by atoms with E-state index in [1.165, 1.54) is 12.1 Å². The van der Waals surface area contributed by atoms with Crippen LogP contribution in [0.25, 0.3) is 17.5 Å². The zero-order chi connectivity index (χ0) is 13.1. The lowest BCUT2D eigenvalue weighted by molar-refractivity contribution is 0.477. The fourth-order valence-corrected chi connectivity index (χ4v) is 1.58. The van der Waals surface area contributed by atoms with Crippen molar-refractivity contribution in [1.82, 2.24) is 9.97 Å². The molecule has 0 aliphatic carbocycles. The van der Waals surface area contributed by atoms with Crippen molar-refractivity contribution < 1.29 is 5.11 Å². The number of aliphatic imine (C=N–C) groups is 1. The van der Waals surface area contributed by atoms with E-state index in [-0.39, 0.29) is 17.3 Å². The summed E-state index contributed by atoms with van der Waals surface area (Å²) in [4.78, 5) is 22.1. The van der Waals surface area contributed by atoms with Crippen LogP contribution in [0.2, 0.25) is 0 Å². The first-order valence-corrected chi connectivity index (χ1v) is 5.19. The van der Waals surface area contributed by atoms with Crippen LogP contribution in [0.5, 0.6) is 5.75 Å². The number of phenolic OH excluding ortho intramolecular Hbond substituents is 1. The van der Waals surface area contributed by atoms with E-state index in [0.29, 0.717) is 11.3 Å². The molecule has 0 atom stereocenters. The van der Waals surface area contributed by atoms with Crippen molar-refractivity contribution in [2.45, 2.75) is 0 Å². The first-order valence-electron chi connectivity index (χ1n) is 5.19. The van der Waals surface area contributed by atoms with Crippen LogP contribution in [-0.2, 0) is 0 Å². The molecular formula is C13H11N3O2. The minimum atomic E-state index is -0.423. The van der Waals surface area contributed by atoms with Crippen LogP contribution < -0.4 is 5.56 Å². The lowest BCUT2D eigenvalue weighted by Gasteiger charge is -2.05. The van der Waals surface area contributed by atoms with Crippen LogP contribution in [0.1, 0.15) is 5.69 Å². The third-order valence-corrected chi connectivity index (χ3v) is 2.43. The van der Waals surface area contributed by atoms with Gasteiger partial charge in [-0.15, -0.1) is 0 Å². The van der Waals surface area contributed by atoms with Crippen LogP contribution in [-0.4, -0.2) is 21.8 Å². The number of phenols is 1. The molecule has 2 rings (SSSR count). The fraction of sp³-hybridized carbons (Fsp3) is 0. The molecule has 0 saturated heterocycles. The number of benzene rings is 1. The third-order valence-electron chi connectivity index (χ3n) is 2.43. The highest BCUT2D eigenvalue weighted by atomic mass is 16.3. The molecule has 1 heterocycles. The van der Waals surface area contributed by atoms with Gasteiger partial charge in [-0.2, -0.15) is 0 Å². The van der Waals surface area contributed by atoms with E-state index >= 15 is 0 Å².